The van der Waals surface area contributed by atoms with Crippen molar-refractivity contribution in [3.8, 4) is 5.75 Å². The lowest BCUT2D eigenvalue weighted by atomic mass is 10.1. The van der Waals surface area contributed by atoms with E-state index in [1.165, 1.54) is 0 Å². The molecule has 0 saturated heterocycles. The van der Waals surface area contributed by atoms with E-state index in [1.54, 1.807) is 22.8 Å². The predicted molar refractivity (Wildman–Crippen MR) is 86.9 cm³/mol. The average molecular weight is 318 g/mol. The molecule has 3 rings (SSSR count). The number of aryl methyl sites for hydroxylation is 2. The summed E-state index contributed by atoms with van der Waals surface area (Å²) in [6.45, 7) is 4.86. The van der Waals surface area contributed by atoms with Crippen LogP contribution in [0.4, 0.5) is 0 Å². The molecule has 0 amide bonds. The van der Waals surface area contributed by atoms with Crippen LogP contribution >= 0.6 is 11.6 Å². The lowest BCUT2D eigenvalue weighted by Gasteiger charge is -2.08. The summed E-state index contributed by atoms with van der Waals surface area (Å²) in [6.07, 6.45) is 0. The molecule has 0 N–H and O–H groups in total. The minimum atomic E-state index is -0.402. The van der Waals surface area contributed by atoms with Gasteiger partial charge in [-0.05, 0) is 49.2 Å². The van der Waals surface area contributed by atoms with Crippen LogP contribution in [0, 0.1) is 13.8 Å². The summed E-state index contributed by atoms with van der Waals surface area (Å²) in [6, 6.07) is 11.2. The fourth-order valence-electron chi connectivity index (χ4n) is 2.52. The molecule has 0 bridgehead atoms. The first kappa shape index (κ1) is 14.7. The highest BCUT2D eigenvalue weighted by Crippen LogP contribution is 2.19. The van der Waals surface area contributed by atoms with Gasteiger partial charge in [-0.15, -0.1) is 0 Å². The molecule has 1 aromatic heterocycles. The maximum Gasteiger partial charge on any atom is 0.420 e. The fraction of sp³-hybridized carbons (Fsp3) is 0.235. The molecule has 3 aromatic rings. The Morgan fingerprint density at radius 3 is 2.59 bits per heavy atom. The number of hydrogen-bond acceptors (Lipinski definition) is 3. The van der Waals surface area contributed by atoms with Crippen molar-refractivity contribution in [3.05, 3.63) is 63.1 Å². The number of ether oxygens (including phenoxy) is 1. The zero-order valence-electron chi connectivity index (χ0n) is 12.4. The van der Waals surface area contributed by atoms with Crippen LogP contribution in [0.5, 0.6) is 5.75 Å². The molecule has 0 aliphatic rings. The van der Waals surface area contributed by atoms with Gasteiger partial charge in [-0.2, -0.15) is 0 Å². The first-order chi connectivity index (χ1) is 10.5. The van der Waals surface area contributed by atoms with Gasteiger partial charge in [-0.3, -0.25) is 4.57 Å². The van der Waals surface area contributed by atoms with Crippen molar-refractivity contribution < 1.29 is 9.15 Å². The van der Waals surface area contributed by atoms with Gasteiger partial charge in [0, 0.05) is 11.1 Å². The summed E-state index contributed by atoms with van der Waals surface area (Å²) in [5, 5.41) is 0.542. The smallest absolute Gasteiger partial charge is 0.420 e. The molecule has 0 spiro atoms. The third-order valence-electron chi connectivity index (χ3n) is 3.41. The minimum Gasteiger partial charge on any atom is -0.492 e. The van der Waals surface area contributed by atoms with Crippen molar-refractivity contribution in [1.82, 2.24) is 4.57 Å². The molecule has 4 nitrogen and oxygen atoms in total. The highest BCUT2D eigenvalue weighted by molar-refractivity contribution is 6.31. The van der Waals surface area contributed by atoms with E-state index in [1.807, 2.05) is 26.0 Å². The molecule has 5 heteroatoms. The lowest BCUT2D eigenvalue weighted by Crippen LogP contribution is -2.18. The van der Waals surface area contributed by atoms with Crippen LogP contribution in [0.25, 0.3) is 11.1 Å². The zero-order chi connectivity index (χ0) is 15.7. The Morgan fingerprint density at radius 2 is 1.86 bits per heavy atom. The van der Waals surface area contributed by atoms with Gasteiger partial charge in [0.15, 0.2) is 5.58 Å². The third-order valence-corrected chi connectivity index (χ3v) is 3.64. The van der Waals surface area contributed by atoms with E-state index in [2.05, 4.69) is 6.07 Å². The Balaban J connectivity index is 1.77. The molecule has 2 aromatic carbocycles. The predicted octanol–water partition coefficient (Wildman–Crippen LogP) is 3.94. The monoisotopic (exact) mass is 317 g/mol. The van der Waals surface area contributed by atoms with Gasteiger partial charge in [0.25, 0.3) is 0 Å². The Labute approximate surface area is 132 Å². The molecule has 0 atom stereocenters. The molecular formula is C17H16ClNO3. The number of benzene rings is 2. The van der Waals surface area contributed by atoms with E-state index in [0.717, 1.165) is 22.4 Å². The maximum atomic E-state index is 11.9. The molecular weight excluding hydrogens is 302 g/mol. The largest absolute Gasteiger partial charge is 0.492 e. The standard InChI is InChI=1S/C17H16ClNO3/c1-11-7-12(2)9-14(8-11)21-6-5-19-15-4-3-13(18)10-16(15)22-17(19)20/h3-4,7-10H,5-6H2,1-2H3. The molecule has 1 heterocycles. The van der Waals surface area contributed by atoms with Gasteiger partial charge in [0.2, 0.25) is 0 Å². The first-order valence-electron chi connectivity index (χ1n) is 7.03. The van der Waals surface area contributed by atoms with Gasteiger partial charge < -0.3 is 9.15 Å². The van der Waals surface area contributed by atoms with Crippen LogP contribution in [0.3, 0.4) is 0 Å². The van der Waals surface area contributed by atoms with Gasteiger partial charge in [0.05, 0.1) is 12.1 Å². The molecule has 0 aliphatic carbocycles. The van der Waals surface area contributed by atoms with Crippen LogP contribution < -0.4 is 10.5 Å². The summed E-state index contributed by atoms with van der Waals surface area (Å²) < 4.78 is 12.5. The van der Waals surface area contributed by atoms with Crippen LogP contribution in [0.15, 0.2) is 45.6 Å². The summed E-state index contributed by atoms with van der Waals surface area (Å²) in [5.41, 5.74) is 3.51. The van der Waals surface area contributed by atoms with E-state index in [0.29, 0.717) is 23.8 Å². The number of halogens is 1. The third kappa shape index (κ3) is 3.02. The number of fused-ring (bicyclic) bond motifs is 1. The fourth-order valence-corrected chi connectivity index (χ4v) is 2.69. The topological polar surface area (TPSA) is 44.4 Å². The van der Waals surface area contributed by atoms with Crippen LogP contribution in [-0.2, 0) is 6.54 Å². The maximum absolute atomic E-state index is 11.9. The zero-order valence-corrected chi connectivity index (χ0v) is 13.2. The van der Waals surface area contributed by atoms with Crippen LogP contribution in [-0.4, -0.2) is 11.2 Å². The van der Waals surface area contributed by atoms with Gasteiger partial charge in [-0.25, -0.2) is 4.79 Å². The highest BCUT2D eigenvalue weighted by Gasteiger charge is 2.09. The van der Waals surface area contributed by atoms with E-state index < -0.39 is 5.76 Å². The summed E-state index contributed by atoms with van der Waals surface area (Å²) in [5.74, 6) is 0.405. The summed E-state index contributed by atoms with van der Waals surface area (Å²) in [4.78, 5) is 11.9. The second kappa shape index (κ2) is 5.89. The van der Waals surface area contributed by atoms with E-state index in [-0.39, 0.29) is 0 Å². The van der Waals surface area contributed by atoms with Crippen molar-refractivity contribution >= 4 is 22.7 Å². The molecule has 0 fully saturated rings. The molecule has 0 aliphatic heterocycles. The number of oxazole rings is 1. The van der Waals surface area contributed by atoms with Gasteiger partial charge >= 0.3 is 5.76 Å². The van der Waals surface area contributed by atoms with E-state index in [4.69, 9.17) is 20.8 Å². The molecule has 22 heavy (non-hydrogen) atoms. The van der Waals surface area contributed by atoms with E-state index in [9.17, 15) is 4.79 Å². The quantitative estimate of drug-likeness (QED) is 0.732. The second-order valence-corrected chi connectivity index (χ2v) is 5.74. The number of nitrogens with zero attached hydrogens (tertiary/aromatic N) is 1. The Morgan fingerprint density at radius 1 is 1.14 bits per heavy atom. The van der Waals surface area contributed by atoms with Gasteiger partial charge in [0.1, 0.15) is 12.4 Å². The van der Waals surface area contributed by atoms with E-state index >= 15 is 0 Å². The second-order valence-electron chi connectivity index (χ2n) is 5.30. The molecule has 114 valence electrons. The minimum absolute atomic E-state index is 0.389. The van der Waals surface area contributed by atoms with Gasteiger partial charge in [-0.1, -0.05) is 17.7 Å². The van der Waals surface area contributed by atoms with Crippen molar-refractivity contribution in [2.45, 2.75) is 20.4 Å². The van der Waals surface area contributed by atoms with Crippen molar-refractivity contribution in [2.24, 2.45) is 0 Å². The van der Waals surface area contributed by atoms with Crippen molar-refractivity contribution in [2.75, 3.05) is 6.61 Å². The first-order valence-corrected chi connectivity index (χ1v) is 7.41. The Kier molecular flexibility index (Phi) is 3.94. The molecule has 0 unspecified atom stereocenters. The normalized spacial score (nSPS) is 11.0. The SMILES string of the molecule is Cc1cc(C)cc(OCCn2c(=O)oc3cc(Cl)ccc32)c1. The number of rotatable bonds is 4. The Bertz CT molecular complexity index is 859. The number of aromatic nitrogens is 1. The van der Waals surface area contributed by atoms with Crippen LogP contribution in [0.2, 0.25) is 5.02 Å². The number of hydrogen-bond donors (Lipinski definition) is 0. The Hall–Kier alpha value is -2.20. The average Bonchev–Trinajstić information content (AvgIpc) is 2.73. The summed E-state index contributed by atoms with van der Waals surface area (Å²) >= 11 is 5.90. The summed E-state index contributed by atoms with van der Waals surface area (Å²) in [7, 11) is 0. The highest BCUT2D eigenvalue weighted by atomic mass is 35.5. The molecule has 0 saturated carbocycles. The van der Waals surface area contributed by atoms with Crippen LogP contribution in [0.1, 0.15) is 11.1 Å². The lowest BCUT2D eigenvalue weighted by molar-refractivity contribution is 0.294. The van der Waals surface area contributed by atoms with Crippen molar-refractivity contribution in [3.63, 3.8) is 0 Å². The molecule has 0 radical (unpaired) electrons. The van der Waals surface area contributed by atoms with Crippen molar-refractivity contribution in [1.29, 1.82) is 0 Å².